The predicted molar refractivity (Wildman–Crippen MR) is 125 cm³/mol. The van der Waals surface area contributed by atoms with Crippen LogP contribution in [0.3, 0.4) is 0 Å². The van der Waals surface area contributed by atoms with Gasteiger partial charge in [0, 0.05) is 37.8 Å². The Labute approximate surface area is 178 Å². The molecule has 0 atom stereocenters. The van der Waals surface area contributed by atoms with Crippen molar-refractivity contribution in [2.24, 2.45) is 0 Å². The number of pyridine rings is 1. The van der Waals surface area contributed by atoms with Crippen molar-refractivity contribution < 1.29 is 8.42 Å². The maximum absolute atomic E-state index is 12.1. The SMILES string of the molecule is CCN1CCN(c2nc(/C=C/c3ccccc3S(C)(=O)=O)cc3ccccc23)CC1. The number of sulfone groups is 1. The molecule has 1 saturated heterocycles. The molecule has 2 heterocycles. The summed E-state index contributed by atoms with van der Waals surface area (Å²) in [5, 5.41) is 2.28. The second kappa shape index (κ2) is 8.58. The molecule has 3 aromatic rings. The van der Waals surface area contributed by atoms with E-state index in [1.165, 1.54) is 6.26 Å². The normalized spacial score (nSPS) is 15.9. The highest BCUT2D eigenvalue weighted by molar-refractivity contribution is 7.90. The van der Waals surface area contributed by atoms with E-state index in [9.17, 15) is 8.42 Å². The molecule has 0 N–H and O–H groups in total. The standard InChI is InChI=1S/C24H27N3O2S/c1-3-26-14-16-27(17-15-26)24-22-10-6-4-9-20(22)18-21(25-24)13-12-19-8-5-7-11-23(19)30(2,28)29/h4-13,18H,3,14-17H2,1-2H3/b13-12+. The molecule has 0 amide bonds. The lowest BCUT2D eigenvalue weighted by molar-refractivity contribution is 0.271. The molecule has 0 saturated carbocycles. The number of piperazine rings is 1. The average Bonchev–Trinajstić information content (AvgIpc) is 2.77. The zero-order valence-electron chi connectivity index (χ0n) is 17.5. The van der Waals surface area contributed by atoms with E-state index in [0.29, 0.717) is 10.5 Å². The summed E-state index contributed by atoms with van der Waals surface area (Å²) in [5.41, 5.74) is 1.50. The maximum Gasteiger partial charge on any atom is 0.176 e. The second-order valence-electron chi connectivity index (χ2n) is 7.66. The van der Waals surface area contributed by atoms with Gasteiger partial charge >= 0.3 is 0 Å². The van der Waals surface area contributed by atoms with Gasteiger partial charge in [0.1, 0.15) is 5.82 Å². The maximum atomic E-state index is 12.1. The highest BCUT2D eigenvalue weighted by Crippen LogP contribution is 2.28. The molecular formula is C24H27N3O2S. The quantitative estimate of drug-likeness (QED) is 0.624. The van der Waals surface area contributed by atoms with Gasteiger partial charge in [0.05, 0.1) is 10.6 Å². The lowest BCUT2D eigenvalue weighted by Gasteiger charge is -2.35. The molecule has 0 radical (unpaired) electrons. The van der Waals surface area contributed by atoms with Crippen LogP contribution in [-0.2, 0) is 9.84 Å². The van der Waals surface area contributed by atoms with E-state index in [2.05, 4.69) is 34.9 Å². The summed E-state index contributed by atoms with van der Waals surface area (Å²) < 4.78 is 24.2. The number of fused-ring (bicyclic) bond motifs is 1. The predicted octanol–water partition coefficient (Wildman–Crippen LogP) is 3.95. The highest BCUT2D eigenvalue weighted by atomic mass is 32.2. The summed E-state index contributed by atoms with van der Waals surface area (Å²) in [6.45, 7) is 7.25. The fourth-order valence-electron chi connectivity index (χ4n) is 3.93. The zero-order valence-corrected chi connectivity index (χ0v) is 18.3. The number of anilines is 1. The first-order chi connectivity index (χ1) is 14.5. The van der Waals surface area contributed by atoms with Crippen LogP contribution in [-0.4, -0.2) is 57.3 Å². The molecule has 0 unspecified atom stereocenters. The Kier molecular flexibility index (Phi) is 5.88. The van der Waals surface area contributed by atoms with Crippen LogP contribution in [0.4, 0.5) is 5.82 Å². The van der Waals surface area contributed by atoms with E-state index in [1.807, 2.05) is 36.4 Å². The lowest BCUT2D eigenvalue weighted by Crippen LogP contribution is -2.46. The van der Waals surface area contributed by atoms with Crippen molar-refractivity contribution in [1.29, 1.82) is 0 Å². The minimum atomic E-state index is -3.29. The van der Waals surface area contributed by atoms with Crippen LogP contribution in [0.2, 0.25) is 0 Å². The van der Waals surface area contributed by atoms with Crippen LogP contribution >= 0.6 is 0 Å². The Balaban J connectivity index is 1.72. The summed E-state index contributed by atoms with van der Waals surface area (Å²) in [6, 6.07) is 17.4. The summed E-state index contributed by atoms with van der Waals surface area (Å²) >= 11 is 0. The van der Waals surface area contributed by atoms with E-state index in [1.54, 1.807) is 12.1 Å². The van der Waals surface area contributed by atoms with E-state index in [4.69, 9.17) is 4.98 Å². The monoisotopic (exact) mass is 421 g/mol. The summed E-state index contributed by atoms with van der Waals surface area (Å²) in [6.07, 6.45) is 4.98. The van der Waals surface area contributed by atoms with Crippen LogP contribution < -0.4 is 4.90 Å². The van der Waals surface area contributed by atoms with Gasteiger partial charge < -0.3 is 9.80 Å². The van der Waals surface area contributed by atoms with Gasteiger partial charge in [-0.3, -0.25) is 0 Å². The fraction of sp³-hybridized carbons (Fsp3) is 0.292. The molecule has 30 heavy (non-hydrogen) atoms. The summed E-state index contributed by atoms with van der Waals surface area (Å²) in [7, 11) is -3.29. The summed E-state index contributed by atoms with van der Waals surface area (Å²) in [5.74, 6) is 1.000. The van der Waals surface area contributed by atoms with Crippen LogP contribution in [0.25, 0.3) is 22.9 Å². The van der Waals surface area contributed by atoms with Gasteiger partial charge in [-0.25, -0.2) is 13.4 Å². The first-order valence-electron chi connectivity index (χ1n) is 10.3. The van der Waals surface area contributed by atoms with E-state index in [0.717, 1.165) is 55.0 Å². The number of aromatic nitrogens is 1. The van der Waals surface area contributed by atoms with Gasteiger partial charge in [0.25, 0.3) is 0 Å². The number of likely N-dealkylation sites (N-methyl/N-ethyl adjacent to an activating group) is 1. The molecule has 0 aliphatic carbocycles. The van der Waals surface area contributed by atoms with Crippen molar-refractivity contribution in [3.05, 3.63) is 65.9 Å². The van der Waals surface area contributed by atoms with Gasteiger partial charge in [-0.1, -0.05) is 55.5 Å². The van der Waals surface area contributed by atoms with Gasteiger partial charge in [-0.15, -0.1) is 0 Å². The molecule has 5 nitrogen and oxygen atoms in total. The van der Waals surface area contributed by atoms with Crippen molar-refractivity contribution in [2.45, 2.75) is 11.8 Å². The lowest BCUT2D eigenvalue weighted by atomic mass is 10.1. The van der Waals surface area contributed by atoms with Crippen LogP contribution in [0, 0.1) is 0 Å². The van der Waals surface area contributed by atoms with Gasteiger partial charge in [-0.05, 0) is 35.7 Å². The Morgan fingerprint density at radius 3 is 2.40 bits per heavy atom. The number of nitrogens with zero attached hydrogens (tertiary/aromatic N) is 3. The summed E-state index contributed by atoms with van der Waals surface area (Å²) in [4.78, 5) is 10.1. The van der Waals surface area contributed by atoms with E-state index in [-0.39, 0.29) is 0 Å². The molecule has 4 rings (SSSR count). The largest absolute Gasteiger partial charge is 0.354 e. The smallest absolute Gasteiger partial charge is 0.176 e. The molecule has 1 aliphatic rings. The Bertz CT molecular complexity index is 1180. The molecular weight excluding hydrogens is 394 g/mol. The molecule has 6 heteroatoms. The van der Waals surface area contributed by atoms with Crippen LogP contribution in [0.5, 0.6) is 0 Å². The highest BCUT2D eigenvalue weighted by Gasteiger charge is 2.19. The Hall–Kier alpha value is -2.70. The Morgan fingerprint density at radius 1 is 0.967 bits per heavy atom. The molecule has 2 aromatic carbocycles. The molecule has 1 aliphatic heterocycles. The van der Waals surface area contributed by atoms with Crippen molar-refractivity contribution >= 4 is 38.6 Å². The topological polar surface area (TPSA) is 53.5 Å². The molecule has 156 valence electrons. The first kappa shape index (κ1) is 20.6. The molecule has 0 bridgehead atoms. The number of hydrogen-bond donors (Lipinski definition) is 0. The van der Waals surface area contributed by atoms with Crippen molar-refractivity contribution in [3.63, 3.8) is 0 Å². The van der Waals surface area contributed by atoms with Crippen LogP contribution in [0.15, 0.2) is 59.5 Å². The third-order valence-electron chi connectivity index (χ3n) is 5.61. The Morgan fingerprint density at radius 2 is 1.67 bits per heavy atom. The second-order valence-corrected chi connectivity index (χ2v) is 9.64. The van der Waals surface area contributed by atoms with Gasteiger partial charge in [-0.2, -0.15) is 0 Å². The number of rotatable bonds is 5. The molecule has 0 spiro atoms. The van der Waals surface area contributed by atoms with Crippen molar-refractivity contribution in [1.82, 2.24) is 9.88 Å². The fourth-order valence-corrected chi connectivity index (χ4v) is 4.82. The van der Waals surface area contributed by atoms with Gasteiger partial charge in [0.15, 0.2) is 9.84 Å². The minimum absolute atomic E-state index is 0.331. The van der Waals surface area contributed by atoms with Crippen LogP contribution in [0.1, 0.15) is 18.2 Å². The van der Waals surface area contributed by atoms with E-state index < -0.39 is 9.84 Å². The third-order valence-corrected chi connectivity index (χ3v) is 6.78. The molecule has 1 fully saturated rings. The average molecular weight is 422 g/mol. The first-order valence-corrected chi connectivity index (χ1v) is 12.2. The number of benzene rings is 2. The van der Waals surface area contributed by atoms with Crippen molar-refractivity contribution in [3.8, 4) is 0 Å². The minimum Gasteiger partial charge on any atom is -0.354 e. The zero-order chi connectivity index (χ0) is 21.1. The van der Waals surface area contributed by atoms with E-state index >= 15 is 0 Å². The van der Waals surface area contributed by atoms with Crippen molar-refractivity contribution in [2.75, 3.05) is 43.9 Å². The third kappa shape index (κ3) is 4.40. The number of hydrogen-bond acceptors (Lipinski definition) is 5. The molecule has 1 aromatic heterocycles. The van der Waals surface area contributed by atoms with Gasteiger partial charge in [0.2, 0.25) is 0 Å².